The van der Waals surface area contributed by atoms with Crippen LogP contribution in [-0.4, -0.2) is 59.5 Å². The highest BCUT2D eigenvalue weighted by Gasteiger charge is 2.25. The molecule has 2 saturated heterocycles. The number of carbonyl (C=O) groups is 1. The van der Waals surface area contributed by atoms with Crippen molar-refractivity contribution in [2.45, 2.75) is 31.8 Å². The van der Waals surface area contributed by atoms with E-state index in [1.54, 1.807) is 18.3 Å². The molecular formula is C20H24FN3O2. The molecule has 138 valence electrons. The molecule has 1 amide bonds. The van der Waals surface area contributed by atoms with Crippen LogP contribution in [-0.2, 0) is 4.79 Å². The molecule has 0 aliphatic carbocycles. The van der Waals surface area contributed by atoms with Crippen LogP contribution in [0.15, 0.2) is 30.5 Å². The normalized spacial score (nSPS) is 19.2. The third kappa shape index (κ3) is 3.80. The Bertz CT molecular complexity index is 784. The Labute approximate surface area is 152 Å². The first-order valence-corrected chi connectivity index (χ1v) is 9.40. The van der Waals surface area contributed by atoms with Gasteiger partial charge in [0.2, 0.25) is 5.91 Å². The van der Waals surface area contributed by atoms with Crippen molar-refractivity contribution >= 4 is 16.8 Å². The zero-order valence-electron chi connectivity index (χ0n) is 14.9. The lowest BCUT2D eigenvalue weighted by molar-refractivity contribution is -0.131. The first kappa shape index (κ1) is 17.2. The van der Waals surface area contributed by atoms with Crippen LogP contribution in [0.1, 0.15) is 25.7 Å². The molecule has 2 fully saturated rings. The van der Waals surface area contributed by atoms with Crippen molar-refractivity contribution < 1.29 is 13.9 Å². The Morgan fingerprint density at radius 3 is 2.69 bits per heavy atom. The number of likely N-dealkylation sites (tertiary alicyclic amines) is 2. The molecule has 1 aromatic carbocycles. The highest BCUT2D eigenvalue weighted by Crippen LogP contribution is 2.27. The van der Waals surface area contributed by atoms with Crippen LogP contribution in [0, 0.1) is 5.82 Å². The lowest BCUT2D eigenvalue weighted by atomic mass is 10.1. The van der Waals surface area contributed by atoms with Gasteiger partial charge in [-0.1, -0.05) is 0 Å². The second-order valence-electron chi connectivity index (χ2n) is 7.15. The Morgan fingerprint density at radius 1 is 1.15 bits per heavy atom. The zero-order valence-corrected chi connectivity index (χ0v) is 14.9. The number of amides is 1. The van der Waals surface area contributed by atoms with Crippen LogP contribution >= 0.6 is 0 Å². The minimum absolute atomic E-state index is 0.0852. The summed E-state index contributed by atoms with van der Waals surface area (Å²) in [5.41, 5.74) is 0.734. The molecular weight excluding hydrogens is 333 g/mol. The number of nitrogens with zero attached hydrogens (tertiary/aromatic N) is 3. The Kier molecular flexibility index (Phi) is 5.02. The summed E-state index contributed by atoms with van der Waals surface area (Å²) in [4.78, 5) is 20.7. The SMILES string of the molecule is O=C(CN1CCC(Oc2ccnc3ccc(F)cc23)CC1)N1CCCC1. The molecule has 5 nitrogen and oxygen atoms in total. The van der Waals surface area contributed by atoms with Gasteiger partial charge in [0.05, 0.1) is 12.1 Å². The van der Waals surface area contributed by atoms with Crippen LogP contribution in [0.4, 0.5) is 4.39 Å². The first-order valence-electron chi connectivity index (χ1n) is 9.40. The third-order valence-corrected chi connectivity index (χ3v) is 5.31. The molecule has 0 saturated carbocycles. The molecule has 2 aliphatic heterocycles. The smallest absolute Gasteiger partial charge is 0.236 e. The summed E-state index contributed by atoms with van der Waals surface area (Å²) in [6.07, 6.45) is 5.77. The lowest BCUT2D eigenvalue weighted by Gasteiger charge is -2.32. The average Bonchev–Trinajstić information content (AvgIpc) is 3.19. The van der Waals surface area contributed by atoms with Gasteiger partial charge in [0.1, 0.15) is 17.7 Å². The van der Waals surface area contributed by atoms with Gasteiger partial charge in [-0.2, -0.15) is 0 Å². The van der Waals surface area contributed by atoms with Gasteiger partial charge in [-0.25, -0.2) is 4.39 Å². The summed E-state index contributed by atoms with van der Waals surface area (Å²) in [5.74, 6) is 0.643. The summed E-state index contributed by atoms with van der Waals surface area (Å²) in [7, 11) is 0. The van der Waals surface area contributed by atoms with E-state index in [-0.39, 0.29) is 17.8 Å². The van der Waals surface area contributed by atoms with E-state index in [4.69, 9.17) is 4.74 Å². The Hall–Kier alpha value is -2.21. The van der Waals surface area contributed by atoms with Gasteiger partial charge in [0, 0.05) is 37.8 Å². The standard InChI is InChI=1S/C20H24FN3O2/c21-15-3-4-18-17(13-15)19(5-8-22-18)26-16-6-11-23(12-7-16)14-20(25)24-9-1-2-10-24/h3-5,8,13,16H,1-2,6-7,9-12,14H2. The molecule has 3 heterocycles. The molecule has 0 radical (unpaired) electrons. The van der Waals surface area contributed by atoms with Gasteiger partial charge in [-0.15, -0.1) is 0 Å². The van der Waals surface area contributed by atoms with Gasteiger partial charge < -0.3 is 9.64 Å². The maximum atomic E-state index is 13.6. The third-order valence-electron chi connectivity index (χ3n) is 5.31. The number of rotatable bonds is 4. The molecule has 2 aromatic rings. The number of carbonyl (C=O) groups excluding carboxylic acids is 1. The minimum Gasteiger partial charge on any atom is -0.490 e. The number of aromatic nitrogens is 1. The van der Waals surface area contributed by atoms with E-state index in [9.17, 15) is 9.18 Å². The number of halogens is 1. The predicted octanol–water partition coefficient (Wildman–Crippen LogP) is 2.84. The van der Waals surface area contributed by atoms with E-state index in [2.05, 4.69) is 9.88 Å². The van der Waals surface area contributed by atoms with Crippen molar-refractivity contribution in [1.82, 2.24) is 14.8 Å². The van der Waals surface area contributed by atoms with Crippen molar-refractivity contribution in [2.24, 2.45) is 0 Å². The minimum atomic E-state index is -0.286. The molecule has 26 heavy (non-hydrogen) atoms. The van der Waals surface area contributed by atoms with Gasteiger partial charge in [-0.3, -0.25) is 14.7 Å². The van der Waals surface area contributed by atoms with Crippen LogP contribution in [0.3, 0.4) is 0 Å². The average molecular weight is 357 g/mol. The number of hydrogen-bond donors (Lipinski definition) is 0. The van der Waals surface area contributed by atoms with E-state index >= 15 is 0 Å². The topological polar surface area (TPSA) is 45.7 Å². The van der Waals surface area contributed by atoms with Crippen LogP contribution < -0.4 is 4.74 Å². The van der Waals surface area contributed by atoms with E-state index in [0.717, 1.165) is 57.4 Å². The quantitative estimate of drug-likeness (QED) is 0.844. The summed E-state index contributed by atoms with van der Waals surface area (Å²) >= 11 is 0. The summed E-state index contributed by atoms with van der Waals surface area (Å²) in [5, 5.41) is 0.708. The number of piperidine rings is 1. The van der Waals surface area contributed by atoms with E-state index < -0.39 is 0 Å². The highest BCUT2D eigenvalue weighted by molar-refractivity contribution is 5.84. The Balaban J connectivity index is 1.34. The second-order valence-corrected chi connectivity index (χ2v) is 7.15. The summed E-state index contributed by atoms with van der Waals surface area (Å²) in [6.45, 7) is 4.02. The monoisotopic (exact) mass is 357 g/mol. The van der Waals surface area contributed by atoms with Gasteiger partial charge in [-0.05, 0) is 49.9 Å². The maximum absolute atomic E-state index is 13.6. The van der Waals surface area contributed by atoms with E-state index in [1.807, 2.05) is 4.90 Å². The highest BCUT2D eigenvalue weighted by atomic mass is 19.1. The van der Waals surface area contributed by atoms with Crippen molar-refractivity contribution in [1.29, 1.82) is 0 Å². The van der Waals surface area contributed by atoms with Crippen molar-refractivity contribution in [3.05, 3.63) is 36.3 Å². The molecule has 4 rings (SSSR count). The molecule has 0 spiro atoms. The Morgan fingerprint density at radius 2 is 1.92 bits per heavy atom. The van der Waals surface area contributed by atoms with Crippen LogP contribution in [0.5, 0.6) is 5.75 Å². The fraction of sp³-hybridized carbons (Fsp3) is 0.500. The number of hydrogen-bond acceptors (Lipinski definition) is 4. The number of benzene rings is 1. The van der Waals surface area contributed by atoms with Crippen molar-refractivity contribution in [2.75, 3.05) is 32.7 Å². The summed E-state index contributed by atoms with van der Waals surface area (Å²) < 4.78 is 19.7. The fourth-order valence-corrected chi connectivity index (χ4v) is 3.82. The number of fused-ring (bicyclic) bond motifs is 1. The molecule has 2 aliphatic rings. The first-order chi connectivity index (χ1) is 12.7. The lowest BCUT2D eigenvalue weighted by Crippen LogP contribution is -2.44. The number of pyridine rings is 1. The second kappa shape index (κ2) is 7.58. The van der Waals surface area contributed by atoms with Gasteiger partial charge in [0.25, 0.3) is 0 Å². The van der Waals surface area contributed by atoms with Gasteiger partial charge >= 0.3 is 0 Å². The van der Waals surface area contributed by atoms with E-state index in [0.29, 0.717) is 17.7 Å². The zero-order chi connectivity index (χ0) is 17.9. The molecule has 1 aromatic heterocycles. The fourth-order valence-electron chi connectivity index (χ4n) is 3.82. The van der Waals surface area contributed by atoms with Crippen molar-refractivity contribution in [3.8, 4) is 5.75 Å². The largest absolute Gasteiger partial charge is 0.490 e. The molecule has 0 bridgehead atoms. The van der Waals surface area contributed by atoms with E-state index in [1.165, 1.54) is 12.1 Å². The van der Waals surface area contributed by atoms with Crippen molar-refractivity contribution in [3.63, 3.8) is 0 Å². The van der Waals surface area contributed by atoms with Gasteiger partial charge in [0.15, 0.2) is 0 Å². The summed E-state index contributed by atoms with van der Waals surface area (Å²) in [6, 6.07) is 6.35. The van der Waals surface area contributed by atoms with Crippen LogP contribution in [0.2, 0.25) is 0 Å². The maximum Gasteiger partial charge on any atom is 0.236 e. The molecule has 0 N–H and O–H groups in total. The predicted molar refractivity (Wildman–Crippen MR) is 97.6 cm³/mol. The molecule has 0 atom stereocenters. The molecule has 6 heteroatoms. The number of ether oxygens (including phenoxy) is 1. The van der Waals surface area contributed by atoms with Crippen LogP contribution in [0.25, 0.3) is 10.9 Å². The molecule has 0 unspecified atom stereocenters.